The first kappa shape index (κ1) is 16.8. The van der Waals surface area contributed by atoms with Gasteiger partial charge in [0.25, 0.3) is 5.91 Å². The molecule has 4 rings (SSSR count). The van der Waals surface area contributed by atoms with Gasteiger partial charge in [-0.25, -0.2) is 9.37 Å². The first-order valence-corrected chi connectivity index (χ1v) is 8.15. The number of hydrogen-bond donors (Lipinski definition) is 1. The van der Waals surface area contributed by atoms with Crippen molar-refractivity contribution in [3.8, 4) is 17.4 Å². The third kappa shape index (κ3) is 3.64. The Balaban J connectivity index is 1.53. The summed E-state index contributed by atoms with van der Waals surface area (Å²) in [5.41, 5.74) is 1.35. The molecule has 1 aliphatic heterocycles. The lowest BCUT2D eigenvalue weighted by Gasteiger charge is -2.26. The fourth-order valence-electron chi connectivity index (χ4n) is 2.56. The Morgan fingerprint density at radius 1 is 1.19 bits per heavy atom. The summed E-state index contributed by atoms with van der Waals surface area (Å²) in [7, 11) is 1.70. The maximum atomic E-state index is 13.0. The Hall–Kier alpha value is -3.68. The minimum Gasteiger partial charge on any atom is -0.482 e. The quantitative estimate of drug-likeness (QED) is 0.762. The highest BCUT2D eigenvalue weighted by Crippen LogP contribution is 2.34. The first-order valence-electron chi connectivity index (χ1n) is 8.15. The van der Waals surface area contributed by atoms with Gasteiger partial charge >= 0.3 is 0 Å². The smallest absolute Gasteiger partial charge is 0.264 e. The number of ether oxygens (including phenoxy) is 2. The van der Waals surface area contributed by atoms with Crippen LogP contribution in [0.25, 0.3) is 0 Å². The van der Waals surface area contributed by atoms with Crippen molar-refractivity contribution >= 4 is 23.2 Å². The van der Waals surface area contributed by atoms with Gasteiger partial charge in [-0.2, -0.15) is 4.98 Å². The molecule has 0 bridgehead atoms. The van der Waals surface area contributed by atoms with Crippen molar-refractivity contribution < 1.29 is 18.7 Å². The molecule has 3 aromatic rings. The Labute approximate surface area is 154 Å². The molecule has 1 N–H and O–H groups in total. The van der Waals surface area contributed by atoms with Crippen LogP contribution in [-0.4, -0.2) is 29.5 Å². The van der Waals surface area contributed by atoms with Gasteiger partial charge in [0.1, 0.15) is 17.3 Å². The molecule has 1 aromatic heterocycles. The monoisotopic (exact) mass is 366 g/mol. The van der Waals surface area contributed by atoms with Crippen molar-refractivity contribution in [2.75, 3.05) is 23.9 Å². The summed E-state index contributed by atoms with van der Waals surface area (Å²) >= 11 is 0. The van der Waals surface area contributed by atoms with Crippen molar-refractivity contribution in [1.29, 1.82) is 0 Å². The number of nitrogens with one attached hydrogen (secondary N) is 1. The van der Waals surface area contributed by atoms with Crippen LogP contribution in [0, 0.1) is 5.82 Å². The largest absolute Gasteiger partial charge is 0.482 e. The molecule has 1 aliphatic rings. The van der Waals surface area contributed by atoms with E-state index in [4.69, 9.17) is 9.47 Å². The fraction of sp³-hybridized carbons (Fsp3) is 0.105. The molecule has 0 fully saturated rings. The predicted octanol–water partition coefficient (Wildman–Crippen LogP) is 3.51. The fourth-order valence-corrected chi connectivity index (χ4v) is 2.56. The number of carbonyl (C=O) groups excluding carboxylic acids is 1. The Morgan fingerprint density at radius 3 is 2.81 bits per heavy atom. The molecule has 136 valence electrons. The van der Waals surface area contributed by atoms with Crippen LogP contribution in [0.15, 0.2) is 54.7 Å². The van der Waals surface area contributed by atoms with E-state index in [2.05, 4.69) is 15.3 Å². The van der Waals surface area contributed by atoms with E-state index in [-0.39, 0.29) is 18.3 Å². The van der Waals surface area contributed by atoms with Crippen molar-refractivity contribution in [2.24, 2.45) is 0 Å². The van der Waals surface area contributed by atoms with E-state index in [9.17, 15) is 9.18 Å². The molecule has 0 saturated carbocycles. The number of halogens is 1. The van der Waals surface area contributed by atoms with E-state index < -0.39 is 0 Å². The highest BCUT2D eigenvalue weighted by Gasteiger charge is 2.22. The van der Waals surface area contributed by atoms with Gasteiger partial charge in [0, 0.05) is 25.0 Å². The van der Waals surface area contributed by atoms with Gasteiger partial charge in [-0.05, 0) is 42.5 Å². The lowest BCUT2D eigenvalue weighted by molar-refractivity contribution is -0.120. The van der Waals surface area contributed by atoms with Crippen LogP contribution in [0.1, 0.15) is 0 Å². The molecule has 0 atom stereocenters. The second-order valence-electron chi connectivity index (χ2n) is 5.82. The molecule has 27 heavy (non-hydrogen) atoms. The Morgan fingerprint density at radius 2 is 2.00 bits per heavy atom. The number of hydrogen-bond acceptors (Lipinski definition) is 6. The van der Waals surface area contributed by atoms with Gasteiger partial charge in [-0.15, -0.1) is 0 Å². The molecule has 0 saturated heterocycles. The third-order valence-corrected chi connectivity index (χ3v) is 3.97. The molecule has 0 spiro atoms. The molecule has 2 aromatic carbocycles. The van der Waals surface area contributed by atoms with Crippen LogP contribution in [0.5, 0.6) is 17.4 Å². The van der Waals surface area contributed by atoms with Crippen molar-refractivity contribution in [3.05, 3.63) is 60.5 Å². The number of nitrogens with zero attached hydrogens (tertiary/aromatic N) is 3. The summed E-state index contributed by atoms with van der Waals surface area (Å²) in [6, 6.07) is 12.6. The van der Waals surface area contributed by atoms with Crippen LogP contribution in [-0.2, 0) is 4.79 Å². The van der Waals surface area contributed by atoms with Gasteiger partial charge in [-0.1, -0.05) is 0 Å². The molecule has 1 amide bonds. The lowest BCUT2D eigenvalue weighted by atomic mass is 10.2. The maximum Gasteiger partial charge on any atom is 0.264 e. The lowest BCUT2D eigenvalue weighted by Crippen LogP contribution is -2.35. The van der Waals surface area contributed by atoms with Gasteiger partial charge in [0.05, 0.1) is 5.69 Å². The zero-order chi connectivity index (χ0) is 18.8. The second kappa shape index (κ2) is 6.91. The van der Waals surface area contributed by atoms with Gasteiger partial charge < -0.3 is 19.7 Å². The molecule has 0 unspecified atom stereocenters. The minimum atomic E-state index is -0.341. The number of benzene rings is 2. The average molecular weight is 366 g/mol. The van der Waals surface area contributed by atoms with Gasteiger partial charge in [0.2, 0.25) is 11.8 Å². The molecule has 0 radical (unpaired) electrons. The highest BCUT2D eigenvalue weighted by atomic mass is 19.1. The number of carbonyl (C=O) groups is 1. The average Bonchev–Trinajstić information content (AvgIpc) is 2.67. The van der Waals surface area contributed by atoms with Gasteiger partial charge in [0.15, 0.2) is 6.61 Å². The summed E-state index contributed by atoms with van der Waals surface area (Å²) in [5, 5.41) is 3.07. The van der Waals surface area contributed by atoms with Gasteiger partial charge in [-0.3, -0.25) is 4.79 Å². The number of rotatable bonds is 4. The number of fused-ring (bicyclic) bond motifs is 1. The minimum absolute atomic E-state index is 0.0299. The SMILES string of the molecule is CN1C(=O)COc2ccc(Nc3nccc(Oc4ccc(F)cc4)n3)cc21. The zero-order valence-corrected chi connectivity index (χ0v) is 14.3. The van der Waals surface area contributed by atoms with Crippen molar-refractivity contribution in [2.45, 2.75) is 0 Å². The van der Waals surface area contributed by atoms with Crippen LogP contribution in [0.3, 0.4) is 0 Å². The topological polar surface area (TPSA) is 76.6 Å². The molecule has 7 nitrogen and oxygen atoms in total. The number of amides is 1. The molecule has 8 heteroatoms. The Kier molecular flexibility index (Phi) is 4.29. The van der Waals surface area contributed by atoms with E-state index >= 15 is 0 Å². The maximum absolute atomic E-state index is 13.0. The second-order valence-corrected chi connectivity index (χ2v) is 5.82. The highest BCUT2D eigenvalue weighted by molar-refractivity contribution is 5.98. The number of likely N-dealkylation sites (N-methyl/N-ethyl adjacent to an activating group) is 1. The molecule has 2 heterocycles. The Bertz CT molecular complexity index is 994. The van der Waals surface area contributed by atoms with Crippen LogP contribution in [0.2, 0.25) is 0 Å². The number of aromatic nitrogens is 2. The van der Waals surface area contributed by atoms with Crippen LogP contribution < -0.4 is 19.7 Å². The van der Waals surface area contributed by atoms with E-state index in [1.54, 1.807) is 42.4 Å². The van der Waals surface area contributed by atoms with Crippen molar-refractivity contribution in [3.63, 3.8) is 0 Å². The van der Waals surface area contributed by atoms with Crippen LogP contribution >= 0.6 is 0 Å². The number of anilines is 3. The molecular weight excluding hydrogens is 351 g/mol. The van der Waals surface area contributed by atoms with E-state index in [1.807, 2.05) is 0 Å². The zero-order valence-electron chi connectivity index (χ0n) is 14.3. The summed E-state index contributed by atoms with van der Waals surface area (Å²) in [6.45, 7) is 0.0299. The standard InChI is InChI=1S/C19H15FN4O3/c1-24-15-10-13(4-7-16(15)26-11-18(24)25)22-19-21-9-8-17(23-19)27-14-5-2-12(20)3-6-14/h2-10H,11H2,1H3,(H,21,22,23). The summed E-state index contributed by atoms with van der Waals surface area (Å²) in [5.74, 6) is 1.27. The summed E-state index contributed by atoms with van der Waals surface area (Å²) in [4.78, 5) is 21.8. The normalized spacial score (nSPS) is 13.0. The third-order valence-electron chi connectivity index (χ3n) is 3.97. The van der Waals surface area contributed by atoms with E-state index in [0.29, 0.717) is 34.7 Å². The first-order chi connectivity index (χ1) is 13.1. The van der Waals surface area contributed by atoms with E-state index in [1.165, 1.54) is 24.3 Å². The summed E-state index contributed by atoms with van der Waals surface area (Å²) in [6.07, 6.45) is 1.55. The molecular formula is C19H15FN4O3. The summed E-state index contributed by atoms with van der Waals surface area (Å²) < 4.78 is 24.0. The van der Waals surface area contributed by atoms with Crippen LogP contribution in [0.4, 0.5) is 21.7 Å². The predicted molar refractivity (Wildman–Crippen MR) is 97.1 cm³/mol. The van der Waals surface area contributed by atoms with E-state index in [0.717, 1.165) is 0 Å². The molecule has 0 aliphatic carbocycles. The van der Waals surface area contributed by atoms with Crippen molar-refractivity contribution in [1.82, 2.24) is 9.97 Å².